The Hall–Kier alpha value is -3.48. The molecule has 1 aliphatic carbocycles. The number of carbonyl (C=O) groups excluding carboxylic acids is 4. The van der Waals surface area contributed by atoms with Gasteiger partial charge in [0.25, 0.3) is 5.91 Å². The number of amides is 4. The SMILES string of the molecule is CC(C)CC(=O)Nc1ccc(C(=O)CN2C(=O)NC3(CCc4ccccc43)C2=O)cc1. The van der Waals surface area contributed by atoms with E-state index in [1.54, 1.807) is 24.3 Å². The summed E-state index contributed by atoms with van der Waals surface area (Å²) in [7, 11) is 0. The molecule has 0 radical (unpaired) electrons. The molecule has 2 aliphatic rings. The Morgan fingerprint density at radius 3 is 2.52 bits per heavy atom. The average Bonchev–Trinajstić information content (AvgIpc) is 3.21. The number of fused-ring (bicyclic) bond motifs is 2. The third-order valence-electron chi connectivity index (χ3n) is 5.81. The largest absolute Gasteiger partial charge is 0.326 e. The fourth-order valence-electron chi connectivity index (χ4n) is 4.29. The third kappa shape index (κ3) is 3.83. The predicted octanol–water partition coefficient (Wildman–Crippen LogP) is 3.25. The highest BCUT2D eigenvalue weighted by molar-refractivity contribution is 6.12. The van der Waals surface area contributed by atoms with E-state index < -0.39 is 11.6 Å². The molecule has 1 saturated heterocycles. The minimum Gasteiger partial charge on any atom is -0.326 e. The molecule has 1 fully saturated rings. The second kappa shape index (κ2) is 7.98. The number of carbonyl (C=O) groups is 4. The van der Waals surface area contributed by atoms with E-state index in [0.29, 0.717) is 30.5 Å². The summed E-state index contributed by atoms with van der Waals surface area (Å²) in [5, 5.41) is 5.62. The molecule has 1 aliphatic heterocycles. The molecular formula is C24H25N3O4. The number of nitrogens with one attached hydrogen (secondary N) is 2. The van der Waals surface area contributed by atoms with Gasteiger partial charge >= 0.3 is 6.03 Å². The van der Waals surface area contributed by atoms with Crippen molar-refractivity contribution in [3.8, 4) is 0 Å². The Balaban J connectivity index is 1.45. The first-order chi connectivity index (χ1) is 14.8. The minimum absolute atomic E-state index is 0.0875. The van der Waals surface area contributed by atoms with Crippen LogP contribution in [0.1, 0.15) is 48.2 Å². The van der Waals surface area contributed by atoms with Crippen LogP contribution in [0.3, 0.4) is 0 Å². The number of rotatable bonds is 6. The summed E-state index contributed by atoms with van der Waals surface area (Å²) in [6.07, 6.45) is 1.61. The van der Waals surface area contributed by atoms with Gasteiger partial charge < -0.3 is 10.6 Å². The minimum atomic E-state index is -1.07. The van der Waals surface area contributed by atoms with E-state index in [2.05, 4.69) is 10.6 Å². The zero-order valence-corrected chi connectivity index (χ0v) is 17.6. The Labute approximate surface area is 180 Å². The first kappa shape index (κ1) is 20.8. The molecule has 1 spiro atoms. The van der Waals surface area contributed by atoms with Crippen molar-refractivity contribution in [2.45, 2.75) is 38.6 Å². The number of urea groups is 1. The maximum atomic E-state index is 13.2. The lowest BCUT2D eigenvalue weighted by Gasteiger charge is -2.22. The molecule has 2 aromatic carbocycles. The van der Waals surface area contributed by atoms with Gasteiger partial charge in [-0.2, -0.15) is 0 Å². The number of ketones is 1. The van der Waals surface area contributed by atoms with Gasteiger partial charge in [0.15, 0.2) is 5.78 Å². The zero-order valence-electron chi connectivity index (χ0n) is 17.6. The topological polar surface area (TPSA) is 95.6 Å². The molecule has 1 atom stereocenters. The van der Waals surface area contributed by atoms with E-state index in [-0.39, 0.29) is 30.1 Å². The number of hydrogen-bond acceptors (Lipinski definition) is 4. The number of Topliss-reactive ketones (excluding diaryl/α,β-unsaturated/α-hetero) is 1. The van der Waals surface area contributed by atoms with Crippen molar-refractivity contribution in [2.24, 2.45) is 5.92 Å². The summed E-state index contributed by atoms with van der Waals surface area (Å²) in [5.74, 6) is -0.559. The lowest BCUT2D eigenvalue weighted by molar-refractivity contribution is -0.131. The van der Waals surface area contributed by atoms with Crippen molar-refractivity contribution >= 4 is 29.3 Å². The molecule has 7 nitrogen and oxygen atoms in total. The number of aryl methyl sites for hydroxylation is 1. The number of nitrogens with zero attached hydrogens (tertiary/aromatic N) is 1. The van der Waals surface area contributed by atoms with E-state index in [1.807, 2.05) is 38.1 Å². The van der Waals surface area contributed by atoms with Gasteiger partial charge in [-0.1, -0.05) is 38.1 Å². The highest BCUT2D eigenvalue weighted by Crippen LogP contribution is 2.41. The smallest absolute Gasteiger partial charge is 0.325 e. The van der Waals surface area contributed by atoms with Gasteiger partial charge in [-0.05, 0) is 54.2 Å². The molecule has 0 bridgehead atoms. The van der Waals surface area contributed by atoms with Gasteiger partial charge in [0.2, 0.25) is 5.91 Å². The number of hydrogen-bond donors (Lipinski definition) is 2. The Bertz CT molecular complexity index is 1060. The van der Waals surface area contributed by atoms with Gasteiger partial charge in [0, 0.05) is 17.7 Å². The molecule has 2 N–H and O–H groups in total. The second-order valence-corrected chi connectivity index (χ2v) is 8.53. The van der Waals surface area contributed by atoms with Crippen LogP contribution < -0.4 is 10.6 Å². The highest BCUT2D eigenvalue weighted by atomic mass is 16.2. The molecule has 0 aromatic heterocycles. The quantitative estimate of drug-likeness (QED) is 0.555. The molecule has 0 saturated carbocycles. The third-order valence-corrected chi connectivity index (χ3v) is 5.81. The summed E-state index contributed by atoms with van der Waals surface area (Å²) in [5.41, 5.74) is 1.75. The summed E-state index contributed by atoms with van der Waals surface area (Å²) in [4.78, 5) is 51.4. The molecule has 7 heteroatoms. The predicted molar refractivity (Wildman–Crippen MR) is 116 cm³/mol. The summed E-state index contributed by atoms with van der Waals surface area (Å²) in [6, 6.07) is 13.5. The molecule has 4 amide bonds. The number of anilines is 1. The standard InChI is InChI=1S/C24H25N3O4/c1-15(2)13-21(29)25-18-9-7-17(8-10-18)20(28)14-27-22(30)24(26-23(27)31)12-11-16-5-3-4-6-19(16)24/h3-10,15H,11-14H2,1-2H3,(H,25,29)(H,26,31). The van der Waals surface area contributed by atoms with Crippen molar-refractivity contribution in [3.63, 3.8) is 0 Å². The van der Waals surface area contributed by atoms with Crippen molar-refractivity contribution < 1.29 is 19.2 Å². The van der Waals surface area contributed by atoms with Crippen LogP contribution in [0.25, 0.3) is 0 Å². The van der Waals surface area contributed by atoms with Gasteiger partial charge in [-0.3, -0.25) is 19.3 Å². The maximum absolute atomic E-state index is 13.2. The van der Waals surface area contributed by atoms with Gasteiger partial charge in [-0.15, -0.1) is 0 Å². The van der Waals surface area contributed by atoms with Crippen LogP contribution in [-0.4, -0.2) is 35.1 Å². The monoisotopic (exact) mass is 419 g/mol. The Morgan fingerprint density at radius 1 is 1.10 bits per heavy atom. The van der Waals surface area contributed by atoms with Gasteiger partial charge in [0.05, 0.1) is 6.54 Å². The molecule has 31 heavy (non-hydrogen) atoms. The van der Waals surface area contributed by atoms with E-state index in [9.17, 15) is 19.2 Å². The molecule has 2 aromatic rings. The summed E-state index contributed by atoms with van der Waals surface area (Å²) < 4.78 is 0. The molecule has 160 valence electrons. The molecular weight excluding hydrogens is 394 g/mol. The van der Waals surface area contributed by atoms with Crippen molar-refractivity contribution in [1.29, 1.82) is 0 Å². The normalized spacial score (nSPS) is 19.6. The van der Waals surface area contributed by atoms with E-state index in [1.165, 1.54) is 0 Å². The number of benzene rings is 2. The van der Waals surface area contributed by atoms with E-state index >= 15 is 0 Å². The molecule has 1 unspecified atom stereocenters. The van der Waals surface area contributed by atoms with Crippen LogP contribution in [0, 0.1) is 5.92 Å². The van der Waals surface area contributed by atoms with Crippen LogP contribution in [0.15, 0.2) is 48.5 Å². The van der Waals surface area contributed by atoms with Crippen LogP contribution in [0.2, 0.25) is 0 Å². The van der Waals surface area contributed by atoms with Crippen LogP contribution >= 0.6 is 0 Å². The van der Waals surface area contributed by atoms with Crippen LogP contribution in [-0.2, 0) is 21.5 Å². The van der Waals surface area contributed by atoms with E-state index in [4.69, 9.17) is 0 Å². The maximum Gasteiger partial charge on any atom is 0.325 e. The lowest BCUT2D eigenvalue weighted by Crippen LogP contribution is -2.42. The van der Waals surface area contributed by atoms with Crippen LogP contribution in [0.5, 0.6) is 0 Å². The lowest BCUT2D eigenvalue weighted by atomic mass is 9.92. The first-order valence-electron chi connectivity index (χ1n) is 10.5. The molecule has 4 rings (SSSR count). The fraction of sp³-hybridized carbons (Fsp3) is 0.333. The Morgan fingerprint density at radius 2 is 1.81 bits per heavy atom. The second-order valence-electron chi connectivity index (χ2n) is 8.53. The fourth-order valence-corrected chi connectivity index (χ4v) is 4.29. The van der Waals surface area contributed by atoms with Crippen LogP contribution in [0.4, 0.5) is 10.5 Å². The van der Waals surface area contributed by atoms with Crippen molar-refractivity contribution in [1.82, 2.24) is 10.2 Å². The summed E-state index contributed by atoms with van der Waals surface area (Å²) >= 11 is 0. The first-order valence-corrected chi connectivity index (χ1v) is 10.5. The molecule has 1 heterocycles. The summed E-state index contributed by atoms with van der Waals surface area (Å²) in [6.45, 7) is 3.60. The average molecular weight is 419 g/mol. The number of imide groups is 1. The van der Waals surface area contributed by atoms with Crippen molar-refractivity contribution in [2.75, 3.05) is 11.9 Å². The zero-order chi connectivity index (χ0) is 22.2. The van der Waals surface area contributed by atoms with Crippen molar-refractivity contribution in [3.05, 3.63) is 65.2 Å². The van der Waals surface area contributed by atoms with Gasteiger partial charge in [-0.25, -0.2) is 4.79 Å². The van der Waals surface area contributed by atoms with E-state index in [0.717, 1.165) is 16.0 Å². The van der Waals surface area contributed by atoms with Gasteiger partial charge in [0.1, 0.15) is 5.54 Å². The highest BCUT2D eigenvalue weighted by Gasteiger charge is 2.55. The Kier molecular flexibility index (Phi) is 5.35.